The molecule has 1 unspecified atom stereocenters. The summed E-state index contributed by atoms with van der Waals surface area (Å²) in [5.41, 5.74) is 6.26. The van der Waals surface area contributed by atoms with Crippen LogP contribution in [-0.2, 0) is 0 Å². The Labute approximate surface area is 99.4 Å². The number of hydrogen-bond acceptors (Lipinski definition) is 4. The van der Waals surface area contributed by atoms with Crippen LogP contribution in [0.2, 0.25) is 0 Å². The van der Waals surface area contributed by atoms with Crippen LogP contribution in [0.4, 0.5) is 5.69 Å². The number of likely N-dealkylation sites (tertiary alicyclic amines) is 1. The predicted octanol–water partition coefficient (Wildman–Crippen LogP) is 1.15. The molecule has 0 aromatic carbocycles. The molecule has 3 N–H and O–H groups in total. The highest BCUT2D eigenvalue weighted by molar-refractivity contribution is 7.12. The van der Waals surface area contributed by atoms with Gasteiger partial charge in [0.2, 0.25) is 0 Å². The third-order valence-corrected chi connectivity index (χ3v) is 4.00. The molecule has 1 saturated heterocycles. The van der Waals surface area contributed by atoms with Crippen molar-refractivity contribution in [2.24, 2.45) is 0 Å². The van der Waals surface area contributed by atoms with Gasteiger partial charge in [-0.2, -0.15) is 0 Å². The molecule has 1 aromatic heterocycles. The Morgan fingerprint density at radius 3 is 3.12 bits per heavy atom. The highest BCUT2D eigenvalue weighted by atomic mass is 32.1. The normalized spacial score (nSPS) is 21.2. The van der Waals surface area contributed by atoms with E-state index in [0.29, 0.717) is 23.2 Å². The van der Waals surface area contributed by atoms with Gasteiger partial charge in [-0.25, -0.2) is 0 Å². The maximum absolute atomic E-state index is 11.8. The fourth-order valence-electron chi connectivity index (χ4n) is 2.03. The summed E-state index contributed by atoms with van der Waals surface area (Å²) in [5.74, 6) is -0.0483. The first kappa shape index (κ1) is 11.4. The summed E-state index contributed by atoms with van der Waals surface area (Å²) >= 11 is 1.39. The maximum Gasteiger partial charge on any atom is 0.263 e. The van der Waals surface area contributed by atoms with Crippen molar-refractivity contribution in [3.8, 4) is 0 Å². The Kier molecular flexibility index (Phi) is 3.46. The molecule has 1 amide bonds. The molecule has 1 atom stereocenters. The van der Waals surface area contributed by atoms with Crippen LogP contribution in [0.1, 0.15) is 22.5 Å². The minimum atomic E-state index is -0.0483. The molecular weight excluding hydrogens is 222 g/mol. The van der Waals surface area contributed by atoms with Crippen LogP contribution in [0.3, 0.4) is 0 Å². The Hall–Kier alpha value is -1.07. The number of rotatable bonds is 3. The first-order chi connectivity index (χ1) is 7.68. The molecule has 1 aromatic rings. The molecule has 2 heterocycles. The fourth-order valence-corrected chi connectivity index (χ4v) is 2.77. The zero-order valence-electron chi connectivity index (χ0n) is 9.40. The number of nitrogen functional groups attached to an aromatic ring is 1. The average Bonchev–Trinajstić information content (AvgIpc) is 2.84. The zero-order chi connectivity index (χ0) is 11.5. The average molecular weight is 239 g/mol. The minimum absolute atomic E-state index is 0.0483. The fraction of sp³-hybridized carbons (Fsp3) is 0.545. The van der Waals surface area contributed by atoms with E-state index >= 15 is 0 Å². The molecule has 5 heteroatoms. The monoisotopic (exact) mass is 239 g/mol. The molecule has 1 aliphatic heterocycles. The van der Waals surface area contributed by atoms with Gasteiger partial charge in [0.25, 0.3) is 5.91 Å². The second-order valence-corrected chi connectivity index (χ2v) is 5.11. The Morgan fingerprint density at radius 1 is 1.75 bits per heavy atom. The molecular formula is C11H17N3OS. The van der Waals surface area contributed by atoms with Crippen molar-refractivity contribution in [2.45, 2.75) is 18.9 Å². The molecule has 2 rings (SSSR count). The number of nitrogens with one attached hydrogen (secondary N) is 1. The molecule has 0 saturated carbocycles. The quantitative estimate of drug-likeness (QED) is 0.832. The van der Waals surface area contributed by atoms with Crippen molar-refractivity contribution in [1.29, 1.82) is 0 Å². The smallest absolute Gasteiger partial charge is 0.263 e. The van der Waals surface area contributed by atoms with E-state index < -0.39 is 0 Å². The number of anilines is 1. The van der Waals surface area contributed by atoms with Crippen molar-refractivity contribution in [3.63, 3.8) is 0 Å². The largest absolute Gasteiger partial charge is 0.397 e. The van der Waals surface area contributed by atoms with Gasteiger partial charge in [0, 0.05) is 12.6 Å². The lowest BCUT2D eigenvalue weighted by Crippen LogP contribution is -2.38. The lowest BCUT2D eigenvalue weighted by molar-refractivity contribution is 0.0948. The maximum atomic E-state index is 11.8. The van der Waals surface area contributed by atoms with Gasteiger partial charge < -0.3 is 16.0 Å². The first-order valence-corrected chi connectivity index (χ1v) is 6.38. The van der Waals surface area contributed by atoms with E-state index in [1.807, 2.05) is 5.38 Å². The molecule has 88 valence electrons. The second kappa shape index (κ2) is 4.84. The summed E-state index contributed by atoms with van der Waals surface area (Å²) in [6.07, 6.45) is 2.38. The van der Waals surface area contributed by atoms with Crippen LogP contribution in [0.5, 0.6) is 0 Å². The zero-order valence-corrected chi connectivity index (χ0v) is 10.2. The highest BCUT2D eigenvalue weighted by Crippen LogP contribution is 2.19. The second-order valence-electron chi connectivity index (χ2n) is 4.19. The van der Waals surface area contributed by atoms with Gasteiger partial charge in [-0.3, -0.25) is 4.79 Å². The first-order valence-electron chi connectivity index (χ1n) is 5.50. The number of carbonyl (C=O) groups is 1. The number of likely N-dealkylation sites (N-methyl/N-ethyl adjacent to an activating group) is 1. The topological polar surface area (TPSA) is 58.4 Å². The van der Waals surface area contributed by atoms with Crippen molar-refractivity contribution in [2.75, 3.05) is 25.9 Å². The van der Waals surface area contributed by atoms with E-state index in [-0.39, 0.29) is 5.91 Å². The standard InChI is InChI=1S/C11H17N3OS/c1-14-5-2-3-8(14)7-13-11(15)10-9(12)4-6-16-10/h4,6,8H,2-3,5,7,12H2,1H3,(H,13,15). The molecule has 0 radical (unpaired) electrons. The van der Waals surface area contributed by atoms with Crippen LogP contribution in [0.15, 0.2) is 11.4 Å². The third-order valence-electron chi connectivity index (χ3n) is 3.07. The highest BCUT2D eigenvalue weighted by Gasteiger charge is 2.21. The minimum Gasteiger partial charge on any atom is -0.397 e. The predicted molar refractivity (Wildman–Crippen MR) is 66.7 cm³/mol. The van der Waals surface area contributed by atoms with E-state index in [0.717, 1.165) is 13.0 Å². The molecule has 1 fully saturated rings. The number of nitrogens with zero attached hydrogens (tertiary/aromatic N) is 1. The Balaban J connectivity index is 1.86. The number of amides is 1. The summed E-state index contributed by atoms with van der Waals surface area (Å²) in [5, 5.41) is 4.79. The third kappa shape index (κ3) is 2.36. The van der Waals surface area contributed by atoms with E-state index in [2.05, 4.69) is 17.3 Å². The Morgan fingerprint density at radius 2 is 2.56 bits per heavy atom. The summed E-state index contributed by atoms with van der Waals surface area (Å²) in [6.45, 7) is 1.84. The SMILES string of the molecule is CN1CCCC1CNC(=O)c1sccc1N. The molecule has 0 spiro atoms. The number of thiophene rings is 1. The van der Waals surface area contributed by atoms with Crippen molar-refractivity contribution in [1.82, 2.24) is 10.2 Å². The lowest BCUT2D eigenvalue weighted by Gasteiger charge is -2.19. The van der Waals surface area contributed by atoms with E-state index in [4.69, 9.17) is 5.73 Å². The lowest BCUT2D eigenvalue weighted by atomic mass is 10.2. The van der Waals surface area contributed by atoms with Crippen LogP contribution in [-0.4, -0.2) is 37.0 Å². The van der Waals surface area contributed by atoms with Crippen LogP contribution < -0.4 is 11.1 Å². The van der Waals surface area contributed by atoms with E-state index in [1.165, 1.54) is 17.8 Å². The van der Waals surface area contributed by atoms with E-state index in [9.17, 15) is 4.79 Å². The summed E-state index contributed by atoms with van der Waals surface area (Å²) < 4.78 is 0. The molecule has 0 aliphatic carbocycles. The number of carbonyl (C=O) groups excluding carboxylic acids is 1. The molecule has 1 aliphatic rings. The Bertz CT molecular complexity index is 377. The summed E-state index contributed by atoms with van der Waals surface area (Å²) in [4.78, 5) is 14.7. The summed E-state index contributed by atoms with van der Waals surface area (Å²) in [7, 11) is 2.10. The molecule has 4 nitrogen and oxygen atoms in total. The number of nitrogens with two attached hydrogens (primary N) is 1. The van der Waals surface area contributed by atoms with Crippen molar-refractivity contribution in [3.05, 3.63) is 16.3 Å². The molecule has 16 heavy (non-hydrogen) atoms. The van der Waals surface area contributed by atoms with Crippen molar-refractivity contribution >= 4 is 22.9 Å². The van der Waals surface area contributed by atoms with Gasteiger partial charge in [-0.15, -0.1) is 11.3 Å². The van der Waals surface area contributed by atoms with Gasteiger partial charge in [0.15, 0.2) is 0 Å². The van der Waals surface area contributed by atoms with Crippen LogP contribution >= 0.6 is 11.3 Å². The summed E-state index contributed by atoms with van der Waals surface area (Å²) in [6, 6.07) is 2.24. The van der Waals surface area contributed by atoms with Crippen LogP contribution in [0.25, 0.3) is 0 Å². The van der Waals surface area contributed by atoms with Gasteiger partial charge >= 0.3 is 0 Å². The number of hydrogen-bond donors (Lipinski definition) is 2. The van der Waals surface area contributed by atoms with Crippen molar-refractivity contribution < 1.29 is 4.79 Å². The van der Waals surface area contributed by atoms with Gasteiger partial charge in [0.1, 0.15) is 4.88 Å². The van der Waals surface area contributed by atoms with Gasteiger partial charge in [-0.1, -0.05) is 0 Å². The van der Waals surface area contributed by atoms with Gasteiger partial charge in [-0.05, 0) is 37.9 Å². The van der Waals surface area contributed by atoms with Crippen LogP contribution in [0, 0.1) is 0 Å². The molecule has 0 bridgehead atoms. The van der Waals surface area contributed by atoms with Gasteiger partial charge in [0.05, 0.1) is 5.69 Å². The van der Waals surface area contributed by atoms with E-state index in [1.54, 1.807) is 6.07 Å².